The predicted molar refractivity (Wildman–Crippen MR) is 99.2 cm³/mol. The molecule has 0 fully saturated rings. The van der Waals surface area contributed by atoms with Crippen LogP contribution in [0.3, 0.4) is 0 Å². The van der Waals surface area contributed by atoms with Crippen molar-refractivity contribution >= 4 is 5.91 Å². The van der Waals surface area contributed by atoms with Gasteiger partial charge in [-0.25, -0.2) is 0 Å². The number of fused-ring (bicyclic) bond motifs is 1. The SMILES string of the molecule is COc1cccc(-c2nnn(CC(=O)NCC3COc4ccccc4O3)n2)c1. The van der Waals surface area contributed by atoms with Crippen LogP contribution in [0.15, 0.2) is 48.5 Å². The fourth-order valence-corrected chi connectivity index (χ4v) is 2.76. The Hall–Kier alpha value is -3.62. The third-order valence-corrected chi connectivity index (χ3v) is 4.16. The van der Waals surface area contributed by atoms with Crippen LogP contribution in [0.25, 0.3) is 11.4 Å². The van der Waals surface area contributed by atoms with Gasteiger partial charge in [0.2, 0.25) is 11.7 Å². The number of hydrogen-bond donors (Lipinski definition) is 1. The average Bonchev–Trinajstić information content (AvgIpc) is 3.20. The van der Waals surface area contributed by atoms with Crippen LogP contribution in [0.4, 0.5) is 0 Å². The number of ether oxygens (including phenoxy) is 3. The number of carbonyl (C=O) groups excluding carboxylic acids is 1. The summed E-state index contributed by atoms with van der Waals surface area (Å²) >= 11 is 0. The fourth-order valence-electron chi connectivity index (χ4n) is 2.76. The maximum Gasteiger partial charge on any atom is 0.243 e. The molecule has 1 unspecified atom stereocenters. The molecule has 0 saturated heterocycles. The van der Waals surface area contributed by atoms with Crippen LogP contribution in [0, 0.1) is 0 Å². The van der Waals surface area contributed by atoms with Crippen molar-refractivity contribution in [2.24, 2.45) is 0 Å². The van der Waals surface area contributed by atoms with Gasteiger partial charge >= 0.3 is 0 Å². The number of benzene rings is 2. The van der Waals surface area contributed by atoms with Crippen LogP contribution >= 0.6 is 0 Å². The molecule has 1 N–H and O–H groups in total. The molecular formula is C19H19N5O4. The van der Waals surface area contributed by atoms with Crippen molar-refractivity contribution < 1.29 is 19.0 Å². The van der Waals surface area contributed by atoms with Crippen LogP contribution in [-0.4, -0.2) is 52.5 Å². The number of hydrogen-bond acceptors (Lipinski definition) is 7. The van der Waals surface area contributed by atoms with Gasteiger partial charge in [-0.15, -0.1) is 10.2 Å². The largest absolute Gasteiger partial charge is 0.497 e. The summed E-state index contributed by atoms with van der Waals surface area (Å²) in [5.41, 5.74) is 0.762. The standard InChI is InChI=1S/C19H19N5O4/c1-26-14-6-4-5-13(9-14)19-21-23-24(22-19)11-18(25)20-10-15-12-27-16-7-2-3-8-17(16)28-15/h2-9,15H,10-12H2,1H3,(H,20,25). The highest BCUT2D eigenvalue weighted by atomic mass is 16.6. The van der Waals surface area contributed by atoms with E-state index in [4.69, 9.17) is 14.2 Å². The minimum absolute atomic E-state index is 0.0405. The minimum Gasteiger partial charge on any atom is -0.497 e. The molecule has 0 bridgehead atoms. The summed E-state index contributed by atoms with van der Waals surface area (Å²) in [6.07, 6.45) is -0.255. The third kappa shape index (κ3) is 4.03. The Morgan fingerprint density at radius 2 is 2.11 bits per heavy atom. The number of methoxy groups -OCH3 is 1. The lowest BCUT2D eigenvalue weighted by atomic mass is 10.2. The van der Waals surface area contributed by atoms with Crippen LogP contribution < -0.4 is 19.5 Å². The van der Waals surface area contributed by atoms with Gasteiger partial charge in [0.15, 0.2) is 11.5 Å². The summed E-state index contributed by atoms with van der Waals surface area (Å²) in [5, 5.41) is 15.0. The molecule has 1 atom stereocenters. The quantitative estimate of drug-likeness (QED) is 0.687. The summed E-state index contributed by atoms with van der Waals surface area (Å²) in [6.45, 7) is 0.657. The van der Waals surface area contributed by atoms with E-state index in [0.29, 0.717) is 36.2 Å². The van der Waals surface area contributed by atoms with E-state index in [-0.39, 0.29) is 18.6 Å². The highest BCUT2D eigenvalue weighted by molar-refractivity contribution is 5.75. The smallest absolute Gasteiger partial charge is 0.243 e. The lowest BCUT2D eigenvalue weighted by Gasteiger charge is -2.26. The molecular weight excluding hydrogens is 362 g/mol. The molecule has 9 nitrogen and oxygen atoms in total. The molecule has 9 heteroatoms. The number of tetrazole rings is 1. The number of para-hydroxylation sites is 2. The molecule has 4 rings (SSSR count). The van der Waals surface area contributed by atoms with Crippen molar-refractivity contribution in [1.82, 2.24) is 25.5 Å². The highest BCUT2D eigenvalue weighted by Crippen LogP contribution is 2.30. The van der Waals surface area contributed by atoms with E-state index in [1.165, 1.54) is 4.80 Å². The van der Waals surface area contributed by atoms with E-state index >= 15 is 0 Å². The first-order chi connectivity index (χ1) is 13.7. The zero-order chi connectivity index (χ0) is 19.3. The summed E-state index contributed by atoms with van der Waals surface area (Å²) in [4.78, 5) is 13.4. The Bertz CT molecular complexity index is 974. The number of carbonyl (C=O) groups is 1. The second-order valence-corrected chi connectivity index (χ2v) is 6.18. The number of nitrogens with one attached hydrogen (secondary N) is 1. The van der Waals surface area contributed by atoms with Gasteiger partial charge in [0.25, 0.3) is 0 Å². The first-order valence-corrected chi connectivity index (χ1v) is 8.78. The van der Waals surface area contributed by atoms with E-state index in [0.717, 1.165) is 5.56 Å². The van der Waals surface area contributed by atoms with Crippen molar-refractivity contribution in [1.29, 1.82) is 0 Å². The number of rotatable bonds is 6. The van der Waals surface area contributed by atoms with Gasteiger partial charge < -0.3 is 19.5 Å². The van der Waals surface area contributed by atoms with Gasteiger partial charge in [-0.05, 0) is 29.5 Å². The summed E-state index contributed by atoms with van der Waals surface area (Å²) < 4.78 is 16.6. The minimum atomic E-state index is -0.255. The van der Waals surface area contributed by atoms with Crippen molar-refractivity contribution in [2.75, 3.05) is 20.3 Å². The highest BCUT2D eigenvalue weighted by Gasteiger charge is 2.21. The van der Waals surface area contributed by atoms with Crippen molar-refractivity contribution in [2.45, 2.75) is 12.6 Å². The van der Waals surface area contributed by atoms with Gasteiger partial charge in [0, 0.05) is 5.56 Å². The molecule has 144 valence electrons. The molecule has 3 aromatic rings. The van der Waals surface area contributed by atoms with Gasteiger partial charge in [0.1, 0.15) is 25.0 Å². The van der Waals surface area contributed by atoms with E-state index in [1.807, 2.05) is 42.5 Å². The Morgan fingerprint density at radius 1 is 1.25 bits per heavy atom. The normalized spacial score (nSPS) is 15.1. The molecule has 1 amide bonds. The van der Waals surface area contributed by atoms with Crippen molar-refractivity contribution in [3.63, 3.8) is 0 Å². The van der Waals surface area contributed by atoms with Crippen LogP contribution in [0.5, 0.6) is 17.2 Å². The van der Waals surface area contributed by atoms with E-state index in [1.54, 1.807) is 13.2 Å². The van der Waals surface area contributed by atoms with Gasteiger partial charge in [-0.3, -0.25) is 4.79 Å². The van der Waals surface area contributed by atoms with Crippen LogP contribution in [0.1, 0.15) is 0 Å². The third-order valence-electron chi connectivity index (χ3n) is 4.16. The summed E-state index contributed by atoms with van der Waals surface area (Å²) in [7, 11) is 1.59. The van der Waals surface area contributed by atoms with E-state index < -0.39 is 0 Å². The zero-order valence-corrected chi connectivity index (χ0v) is 15.2. The van der Waals surface area contributed by atoms with E-state index in [9.17, 15) is 4.79 Å². The van der Waals surface area contributed by atoms with Crippen molar-refractivity contribution in [3.05, 3.63) is 48.5 Å². The van der Waals surface area contributed by atoms with Gasteiger partial charge in [0.05, 0.1) is 13.7 Å². The number of amides is 1. The average molecular weight is 381 g/mol. The Labute approximate surface area is 161 Å². The molecule has 28 heavy (non-hydrogen) atoms. The van der Waals surface area contributed by atoms with Gasteiger partial charge in [-0.2, -0.15) is 4.80 Å². The first kappa shape index (κ1) is 17.8. The second-order valence-electron chi connectivity index (χ2n) is 6.18. The molecule has 2 aromatic carbocycles. The first-order valence-electron chi connectivity index (χ1n) is 8.78. The van der Waals surface area contributed by atoms with Crippen LogP contribution in [0.2, 0.25) is 0 Å². The predicted octanol–water partition coefficient (Wildman–Crippen LogP) is 1.30. The molecule has 0 aliphatic carbocycles. The molecule has 1 aromatic heterocycles. The Morgan fingerprint density at radius 3 is 2.96 bits per heavy atom. The molecule has 0 saturated carbocycles. The van der Waals surface area contributed by atoms with E-state index in [2.05, 4.69) is 20.7 Å². The van der Waals surface area contributed by atoms with Gasteiger partial charge in [-0.1, -0.05) is 24.3 Å². The maximum absolute atomic E-state index is 12.2. The Balaban J connectivity index is 1.30. The monoisotopic (exact) mass is 381 g/mol. The fraction of sp³-hybridized carbons (Fsp3) is 0.263. The molecule has 1 aliphatic heterocycles. The Kier molecular flexibility index (Phi) is 5.05. The molecule has 0 spiro atoms. The maximum atomic E-state index is 12.2. The molecule has 0 radical (unpaired) electrons. The number of aromatic nitrogens is 4. The summed E-state index contributed by atoms with van der Waals surface area (Å²) in [5.74, 6) is 2.27. The van der Waals surface area contributed by atoms with Crippen LogP contribution in [-0.2, 0) is 11.3 Å². The molecule has 1 aliphatic rings. The second kappa shape index (κ2) is 7.95. The lowest BCUT2D eigenvalue weighted by molar-refractivity contribution is -0.122. The molecule has 2 heterocycles. The zero-order valence-electron chi connectivity index (χ0n) is 15.2. The van der Waals surface area contributed by atoms with Crippen molar-refractivity contribution in [3.8, 4) is 28.6 Å². The topological polar surface area (TPSA) is 100 Å². The lowest BCUT2D eigenvalue weighted by Crippen LogP contribution is -2.41. The summed E-state index contributed by atoms with van der Waals surface area (Å²) in [6, 6.07) is 14.8. The number of nitrogens with zero attached hydrogens (tertiary/aromatic N) is 4.